The van der Waals surface area contributed by atoms with Crippen molar-refractivity contribution >= 4 is 12.0 Å². The van der Waals surface area contributed by atoms with Crippen LogP contribution in [0.15, 0.2) is 72.8 Å². The van der Waals surface area contributed by atoms with Crippen LogP contribution in [0.4, 0.5) is 4.79 Å². The van der Waals surface area contributed by atoms with Crippen molar-refractivity contribution in [3.8, 4) is 17.2 Å². The first-order chi connectivity index (χ1) is 20.2. The fraction of sp³-hybridized carbons (Fsp3) is 0.412. The molecule has 0 radical (unpaired) electrons. The number of piperidine rings is 1. The maximum Gasteiger partial charge on any atom is 0.410 e. The van der Waals surface area contributed by atoms with Crippen molar-refractivity contribution in [3.63, 3.8) is 0 Å². The van der Waals surface area contributed by atoms with Crippen LogP contribution in [-0.4, -0.2) is 60.2 Å². The van der Waals surface area contributed by atoms with Gasteiger partial charge in [0.25, 0.3) is 0 Å². The number of benzene rings is 3. The zero-order chi connectivity index (χ0) is 29.7. The first-order valence-electron chi connectivity index (χ1n) is 14.7. The summed E-state index contributed by atoms with van der Waals surface area (Å²) < 4.78 is 17.3. The maximum atomic E-state index is 14.6. The van der Waals surface area contributed by atoms with Crippen molar-refractivity contribution in [1.29, 1.82) is 0 Å². The van der Waals surface area contributed by atoms with E-state index in [0.29, 0.717) is 30.3 Å². The van der Waals surface area contributed by atoms with Crippen molar-refractivity contribution < 1.29 is 23.8 Å². The average molecular weight is 572 g/mol. The molecule has 3 aromatic carbocycles. The lowest BCUT2D eigenvalue weighted by molar-refractivity contribution is -0.137. The summed E-state index contributed by atoms with van der Waals surface area (Å²) in [5.41, 5.74) is 2.31. The minimum Gasteiger partial charge on any atom is -0.493 e. The Morgan fingerprint density at radius 1 is 0.952 bits per heavy atom. The number of nitrogens with one attached hydrogen (secondary N) is 1. The van der Waals surface area contributed by atoms with E-state index in [-0.39, 0.29) is 18.5 Å². The van der Waals surface area contributed by atoms with Crippen LogP contribution in [0.2, 0.25) is 0 Å². The second-order valence-electron chi connectivity index (χ2n) is 12.0. The molecule has 1 N–H and O–H groups in total. The molecule has 0 saturated carbocycles. The van der Waals surface area contributed by atoms with Crippen LogP contribution in [0.3, 0.4) is 0 Å². The highest BCUT2D eigenvalue weighted by Gasteiger charge is 2.38. The Bertz CT molecular complexity index is 1400. The van der Waals surface area contributed by atoms with E-state index in [9.17, 15) is 9.59 Å². The summed E-state index contributed by atoms with van der Waals surface area (Å²) in [6.07, 6.45) is 1.34. The first-order valence-corrected chi connectivity index (χ1v) is 14.7. The van der Waals surface area contributed by atoms with Crippen LogP contribution in [-0.2, 0) is 22.6 Å². The minimum atomic E-state index is -0.620. The molecule has 3 aromatic rings. The molecule has 5 rings (SSSR count). The summed E-state index contributed by atoms with van der Waals surface area (Å²) in [6.45, 7) is 8.43. The highest BCUT2D eigenvalue weighted by molar-refractivity contribution is 5.86. The van der Waals surface area contributed by atoms with Crippen molar-refractivity contribution in [1.82, 2.24) is 15.1 Å². The topological polar surface area (TPSA) is 80.3 Å². The van der Waals surface area contributed by atoms with Gasteiger partial charge < -0.3 is 29.3 Å². The van der Waals surface area contributed by atoms with Gasteiger partial charge >= 0.3 is 6.09 Å². The SMILES string of the molecule is COc1ccccc1Oc1cccc(CN(C(=O)C2CN(C(=O)OC(C)(C)C)Cc3ccccc32)C2CCNCC2)c1. The van der Waals surface area contributed by atoms with E-state index in [1.807, 2.05) is 98.5 Å². The predicted octanol–water partition coefficient (Wildman–Crippen LogP) is 6.10. The van der Waals surface area contributed by atoms with Gasteiger partial charge in [-0.2, -0.15) is 0 Å². The fourth-order valence-electron chi connectivity index (χ4n) is 5.72. The number of carbonyl (C=O) groups excluding carboxylic acids is 2. The Balaban J connectivity index is 1.42. The van der Waals surface area contributed by atoms with Crippen molar-refractivity contribution in [2.24, 2.45) is 0 Å². The van der Waals surface area contributed by atoms with Gasteiger partial charge in [-0.1, -0.05) is 48.5 Å². The molecule has 8 nitrogen and oxygen atoms in total. The third-order valence-corrected chi connectivity index (χ3v) is 7.73. The molecule has 2 aliphatic heterocycles. The van der Waals surface area contributed by atoms with Crippen LogP contribution >= 0.6 is 0 Å². The molecule has 1 unspecified atom stereocenters. The van der Waals surface area contributed by atoms with E-state index in [1.54, 1.807) is 12.0 Å². The van der Waals surface area contributed by atoms with Crippen LogP contribution < -0.4 is 14.8 Å². The van der Waals surface area contributed by atoms with Crippen molar-refractivity contribution in [3.05, 3.63) is 89.5 Å². The second kappa shape index (κ2) is 12.9. The second-order valence-corrected chi connectivity index (χ2v) is 12.0. The first kappa shape index (κ1) is 29.5. The predicted molar refractivity (Wildman–Crippen MR) is 162 cm³/mol. The number of hydrogen-bond donors (Lipinski definition) is 1. The number of methoxy groups -OCH3 is 1. The van der Waals surface area contributed by atoms with E-state index in [4.69, 9.17) is 14.2 Å². The summed E-state index contributed by atoms with van der Waals surface area (Å²) in [6, 6.07) is 23.4. The minimum absolute atomic E-state index is 0.0265. The molecule has 1 atom stereocenters. The molecule has 2 heterocycles. The number of carbonyl (C=O) groups is 2. The Morgan fingerprint density at radius 3 is 2.40 bits per heavy atom. The molecule has 0 spiro atoms. The van der Waals surface area contributed by atoms with E-state index >= 15 is 0 Å². The molecule has 42 heavy (non-hydrogen) atoms. The molecule has 8 heteroatoms. The van der Waals surface area contributed by atoms with Gasteiger partial charge in [-0.3, -0.25) is 4.79 Å². The summed E-state index contributed by atoms with van der Waals surface area (Å²) >= 11 is 0. The number of fused-ring (bicyclic) bond motifs is 1. The molecule has 2 aliphatic rings. The number of amides is 2. The van der Waals surface area contributed by atoms with Gasteiger partial charge in [0.05, 0.1) is 13.0 Å². The van der Waals surface area contributed by atoms with Gasteiger partial charge in [0, 0.05) is 25.7 Å². The number of hydrogen-bond acceptors (Lipinski definition) is 6. The molecule has 1 fully saturated rings. The lowest BCUT2D eigenvalue weighted by Gasteiger charge is -2.40. The number of rotatable bonds is 7. The quantitative estimate of drug-likeness (QED) is 0.369. The van der Waals surface area contributed by atoms with Crippen LogP contribution in [0.25, 0.3) is 0 Å². The van der Waals surface area contributed by atoms with E-state index in [2.05, 4.69) is 5.32 Å². The summed E-state index contributed by atoms with van der Waals surface area (Å²) in [5.74, 6) is 1.50. The Morgan fingerprint density at radius 2 is 1.67 bits per heavy atom. The average Bonchev–Trinajstić information content (AvgIpc) is 2.99. The highest BCUT2D eigenvalue weighted by Crippen LogP contribution is 2.34. The van der Waals surface area contributed by atoms with Crippen molar-refractivity contribution in [2.45, 2.75) is 64.3 Å². The standard InChI is InChI=1S/C34H41N3O5/c1-34(2,3)42-33(39)36-22-25-11-5-6-13-28(25)29(23-36)32(38)37(26-16-18-35-19-17-26)21-24-10-9-12-27(20-24)41-31-15-8-7-14-30(31)40-4/h5-15,20,26,29,35H,16-19,21-23H2,1-4H3. The lowest BCUT2D eigenvalue weighted by Crippen LogP contribution is -2.51. The molecule has 0 aliphatic carbocycles. The van der Waals surface area contributed by atoms with Gasteiger partial charge in [0.1, 0.15) is 11.4 Å². The summed E-state index contributed by atoms with van der Waals surface area (Å²) in [7, 11) is 1.62. The van der Waals surface area contributed by atoms with E-state index in [1.165, 1.54) is 0 Å². The molecule has 1 saturated heterocycles. The molecule has 2 amide bonds. The monoisotopic (exact) mass is 571 g/mol. The molecule has 222 valence electrons. The highest BCUT2D eigenvalue weighted by atomic mass is 16.6. The maximum absolute atomic E-state index is 14.6. The number of para-hydroxylation sites is 2. The summed E-state index contributed by atoms with van der Waals surface area (Å²) in [5, 5.41) is 3.42. The fourth-order valence-corrected chi connectivity index (χ4v) is 5.72. The zero-order valence-electron chi connectivity index (χ0n) is 25.0. The normalized spacial score (nSPS) is 17.2. The Labute approximate surface area is 248 Å². The number of nitrogens with zero attached hydrogens (tertiary/aromatic N) is 2. The van der Waals surface area contributed by atoms with Crippen LogP contribution in [0.1, 0.15) is 56.2 Å². The molecule has 0 aromatic heterocycles. The Hall–Kier alpha value is -4.04. The third kappa shape index (κ3) is 7.05. The smallest absolute Gasteiger partial charge is 0.410 e. The molecule has 0 bridgehead atoms. The van der Waals surface area contributed by atoms with Gasteiger partial charge in [0.2, 0.25) is 5.91 Å². The molecular formula is C34H41N3O5. The Kier molecular flexibility index (Phi) is 9.02. The van der Waals surface area contributed by atoms with Crippen molar-refractivity contribution in [2.75, 3.05) is 26.7 Å². The summed E-state index contributed by atoms with van der Waals surface area (Å²) in [4.78, 5) is 31.4. The van der Waals surface area contributed by atoms with Gasteiger partial charge in [-0.05, 0) is 87.7 Å². The molecular weight excluding hydrogens is 530 g/mol. The van der Waals surface area contributed by atoms with Crippen LogP contribution in [0.5, 0.6) is 17.2 Å². The number of ether oxygens (including phenoxy) is 3. The zero-order valence-corrected chi connectivity index (χ0v) is 25.0. The van der Waals surface area contributed by atoms with Gasteiger partial charge in [-0.25, -0.2) is 4.79 Å². The largest absolute Gasteiger partial charge is 0.493 e. The van der Waals surface area contributed by atoms with E-state index in [0.717, 1.165) is 42.6 Å². The van der Waals surface area contributed by atoms with Crippen LogP contribution in [0, 0.1) is 0 Å². The van der Waals surface area contributed by atoms with E-state index < -0.39 is 17.6 Å². The lowest BCUT2D eigenvalue weighted by atomic mass is 9.87. The van der Waals surface area contributed by atoms with Gasteiger partial charge in [0.15, 0.2) is 11.5 Å². The van der Waals surface area contributed by atoms with Gasteiger partial charge in [-0.15, -0.1) is 0 Å². The third-order valence-electron chi connectivity index (χ3n) is 7.73.